The summed E-state index contributed by atoms with van der Waals surface area (Å²) in [5.41, 5.74) is 7.26. The number of carbonyl (C=O) groups is 1. The van der Waals surface area contributed by atoms with Crippen molar-refractivity contribution in [2.24, 2.45) is 5.73 Å². The molecule has 2 aromatic rings. The summed E-state index contributed by atoms with van der Waals surface area (Å²) < 4.78 is 14.3. The van der Waals surface area contributed by atoms with Gasteiger partial charge in [-0.05, 0) is 48.6 Å². The third-order valence-electron chi connectivity index (χ3n) is 5.34. The van der Waals surface area contributed by atoms with Crippen LogP contribution in [0.25, 0.3) is 0 Å². The van der Waals surface area contributed by atoms with Gasteiger partial charge in [-0.1, -0.05) is 43.2 Å². The first kappa shape index (κ1) is 18.4. The largest absolute Gasteiger partial charge is 0.508 e. The molecule has 138 valence electrons. The van der Waals surface area contributed by atoms with Gasteiger partial charge in [0.1, 0.15) is 11.6 Å². The standard InChI is InChI=1S/C21H25FN2O2/c22-18-6-2-1-5-17(18)21(11-3-4-12-21)14-24-20(26)19(23)13-15-7-9-16(25)10-8-15/h1-2,5-10,19,25H,3-4,11-14,23H2,(H,24,26)/t19-/m0/s1. The first-order valence-corrected chi connectivity index (χ1v) is 9.06. The molecular weight excluding hydrogens is 331 g/mol. The van der Waals surface area contributed by atoms with Gasteiger partial charge in [0.2, 0.25) is 5.91 Å². The van der Waals surface area contributed by atoms with Gasteiger partial charge < -0.3 is 16.2 Å². The van der Waals surface area contributed by atoms with Crippen LogP contribution in [0.2, 0.25) is 0 Å². The van der Waals surface area contributed by atoms with Crippen LogP contribution in [0, 0.1) is 5.82 Å². The Hall–Kier alpha value is -2.40. The van der Waals surface area contributed by atoms with E-state index in [4.69, 9.17) is 5.73 Å². The van der Waals surface area contributed by atoms with E-state index in [1.807, 2.05) is 12.1 Å². The summed E-state index contributed by atoms with van der Waals surface area (Å²) in [7, 11) is 0. The molecule has 26 heavy (non-hydrogen) atoms. The van der Waals surface area contributed by atoms with E-state index in [1.165, 1.54) is 6.07 Å². The van der Waals surface area contributed by atoms with Crippen LogP contribution in [0.4, 0.5) is 4.39 Å². The smallest absolute Gasteiger partial charge is 0.237 e. The van der Waals surface area contributed by atoms with E-state index in [1.54, 1.807) is 30.3 Å². The fraction of sp³-hybridized carbons (Fsp3) is 0.381. The van der Waals surface area contributed by atoms with Gasteiger partial charge in [0.25, 0.3) is 0 Å². The Bertz CT molecular complexity index is 755. The van der Waals surface area contributed by atoms with E-state index in [0.29, 0.717) is 18.5 Å². The maximum atomic E-state index is 14.3. The topological polar surface area (TPSA) is 75.3 Å². The van der Waals surface area contributed by atoms with Crippen LogP contribution < -0.4 is 11.1 Å². The summed E-state index contributed by atoms with van der Waals surface area (Å²) in [6.07, 6.45) is 4.18. The van der Waals surface area contributed by atoms with Crippen molar-refractivity contribution in [2.75, 3.05) is 6.54 Å². The lowest BCUT2D eigenvalue weighted by Gasteiger charge is -2.31. The minimum Gasteiger partial charge on any atom is -0.508 e. The van der Waals surface area contributed by atoms with Crippen LogP contribution in [-0.4, -0.2) is 23.6 Å². The SMILES string of the molecule is N[C@@H](Cc1ccc(O)cc1)C(=O)NCC1(c2ccccc2F)CCCC1. The number of halogens is 1. The molecule has 0 aliphatic heterocycles. The molecule has 1 fully saturated rings. The number of hydrogen-bond donors (Lipinski definition) is 3. The minimum absolute atomic E-state index is 0.180. The molecule has 0 radical (unpaired) electrons. The van der Waals surface area contributed by atoms with Crippen molar-refractivity contribution in [2.45, 2.75) is 43.6 Å². The summed E-state index contributed by atoms with van der Waals surface area (Å²) in [5, 5.41) is 12.3. The van der Waals surface area contributed by atoms with Crippen molar-refractivity contribution >= 4 is 5.91 Å². The molecule has 1 atom stereocenters. The average molecular weight is 356 g/mol. The molecular formula is C21H25FN2O2. The molecule has 4 nitrogen and oxygen atoms in total. The summed E-state index contributed by atoms with van der Waals surface area (Å²) >= 11 is 0. The fourth-order valence-corrected chi connectivity index (χ4v) is 3.85. The molecule has 2 aromatic carbocycles. The molecule has 4 N–H and O–H groups in total. The van der Waals surface area contributed by atoms with Gasteiger partial charge in [-0.3, -0.25) is 4.79 Å². The Morgan fingerprint density at radius 1 is 1.15 bits per heavy atom. The predicted octanol–water partition coefficient (Wildman–Crippen LogP) is 3.03. The third-order valence-corrected chi connectivity index (χ3v) is 5.34. The molecule has 3 rings (SSSR count). The zero-order valence-electron chi connectivity index (χ0n) is 14.7. The van der Waals surface area contributed by atoms with E-state index in [0.717, 1.165) is 31.2 Å². The number of nitrogens with two attached hydrogens (primary N) is 1. The Morgan fingerprint density at radius 2 is 1.81 bits per heavy atom. The van der Waals surface area contributed by atoms with Crippen molar-refractivity contribution in [1.29, 1.82) is 0 Å². The zero-order valence-corrected chi connectivity index (χ0v) is 14.7. The zero-order chi connectivity index (χ0) is 18.6. The second kappa shape index (κ2) is 7.87. The minimum atomic E-state index is -0.682. The Morgan fingerprint density at radius 3 is 2.46 bits per heavy atom. The van der Waals surface area contributed by atoms with Gasteiger partial charge in [-0.15, -0.1) is 0 Å². The molecule has 0 spiro atoms. The molecule has 1 saturated carbocycles. The second-order valence-corrected chi connectivity index (χ2v) is 7.16. The van der Waals surface area contributed by atoms with Gasteiger partial charge in [0, 0.05) is 12.0 Å². The molecule has 1 aliphatic carbocycles. The quantitative estimate of drug-likeness (QED) is 0.745. The van der Waals surface area contributed by atoms with Crippen LogP contribution in [0.1, 0.15) is 36.8 Å². The van der Waals surface area contributed by atoms with Crippen molar-refractivity contribution in [3.05, 3.63) is 65.5 Å². The first-order valence-electron chi connectivity index (χ1n) is 9.06. The highest BCUT2D eigenvalue weighted by atomic mass is 19.1. The number of nitrogens with one attached hydrogen (secondary N) is 1. The lowest BCUT2D eigenvalue weighted by atomic mass is 9.78. The van der Waals surface area contributed by atoms with E-state index in [9.17, 15) is 14.3 Å². The maximum Gasteiger partial charge on any atom is 0.237 e. The number of phenolic OH excluding ortho intramolecular Hbond substituents is 1. The van der Waals surface area contributed by atoms with Gasteiger partial charge in [-0.2, -0.15) is 0 Å². The monoisotopic (exact) mass is 356 g/mol. The number of rotatable bonds is 6. The van der Waals surface area contributed by atoms with Crippen LogP contribution >= 0.6 is 0 Å². The number of carbonyl (C=O) groups excluding carboxylic acids is 1. The van der Waals surface area contributed by atoms with Gasteiger partial charge >= 0.3 is 0 Å². The lowest BCUT2D eigenvalue weighted by Crippen LogP contribution is -2.47. The number of phenols is 1. The Balaban J connectivity index is 1.65. The van der Waals surface area contributed by atoms with Gasteiger partial charge in [-0.25, -0.2) is 4.39 Å². The van der Waals surface area contributed by atoms with Gasteiger partial charge in [0.15, 0.2) is 0 Å². The number of hydrogen-bond acceptors (Lipinski definition) is 3. The molecule has 0 bridgehead atoms. The van der Waals surface area contributed by atoms with E-state index >= 15 is 0 Å². The average Bonchev–Trinajstić information content (AvgIpc) is 3.12. The fourth-order valence-electron chi connectivity index (χ4n) is 3.85. The van der Waals surface area contributed by atoms with Crippen LogP contribution in [0.5, 0.6) is 5.75 Å². The highest BCUT2D eigenvalue weighted by Crippen LogP contribution is 2.41. The number of aromatic hydroxyl groups is 1. The van der Waals surface area contributed by atoms with Crippen molar-refractivity contribution in [1.82, 2.24) is 5.32 Å². The van der Waals surface area contributed by atoms with Crippen LogP contribution in [0.15, 0.2) is 48.5 Å². The maximum absolute atomic E-state index is 14.3. The van der Waals surface area contributed by atoms with E-state index in [-0.39, 0.29) is 22.9 Å². The number of benzene rings is 2. The molecule has 0 unspecified atom stereocenters. The molecule has 1 aliphatic rings. The Kier molecular flexibility index (Phi) is 5.57. The van der Waals surface area contributed by atoms with Crippen LogP contribution in [-0.2, 0) is 16.6 Å². The highest BCUT2D eigenvalue weighted by Gasteiger charge is 2.38. The van der Waals surface area contributed by atoms with Crippen molar-refractivity contribution in [3.8, 4) is 5.75 Å². The normalized spacial score (nSPS) is 17.0. The molecule has 0 aromatic heterocycles. The molecule has 1 amide bonds. The van der Waals surface area contributed by atoms with Crippen molar-refractivity contribution < 1.29 is 14.3 Å². The lowest BCUT2D eigenvalue weighted by molar-refractivity contribution is -0.122. The molecule has 5 heteroatoms. The molecule has 0 saturated heterocycles. The van der Waals surface area contributed by atoms with Crippen LogP contribution in [0.3, 0.4) is 0 Å². The van der Waals surface area contributed by atoms with E-state index in [2.05, 4.69) is 5.32 Å². The summed E-state index contributed by atoms with van der Waals surface area (Å²) in [6.45, 7) is 0.399. The van der Waals surface area contributed by atoms with E-state index < -0.39 is 6.04 Å². The summed E-state index contributed by atoms with van der Waals surface area (Å²) in [4.78, 5) is 12.5. The third kappa shape index (κ3) is 4.05. The molecule has 0 heterocycles. The summed E-state index contributed by atoms with van der Waals surface area (Å²) in [5.74, 6) is -0.266. The first-order chi connectivity index (χ1) is 12.5. The predicted molar refractivity (Wildman–Crippen MR) is 99.3 cm³/mol. The second-order valence-electron chi connectivity index (χ2n) is 7.16. The Labute approximate surface area is 153 Å². The number of amides is 1. The highest BCUT2D eigenvalue weighted by molar-refractivity contribution is 5.82. The van der Waals surface area contributed by atoms with Gasteiger partial charge in [0.05, 0.1) is 6.04 Å². The van der Waals surface area contributed by atoms with Crippen molar-refractivity contribution in [3.63, 3.8) is 0 Å². The summed E-state index contributed by atoms with van der Waals surface area (Å²) in [6, 6.07) is 12.8.